The molecule has 0 fully saturated rings. The minimum Gasteiger partial charge on any atom is -0.311 e. The van der Waals surface area contributed by atoms with E-state index in [4.69, 9.17) is 0 Å². The van der Waals surface area contributed by atoms with Crippen molar-refractivity contribution in [2.75, 3.05) is 9.80 Å². The van der Waals surface area contributed by atoms with Crippen molar-refractivity contribution in [2.45, 2.75) is 0 Å². The lowest BCUT2D eigenvalue weighted by atomic mass is 9.98. The number of para-hydroxylation sites is 2. The van der Waals surface area contributed by atoms with E-state index in [9.17, 15) is 0 Å². The topological polar surface area (TPSA) is 6.48 Å². The number of fused-ring (bicyclic) bond motifs is 2. The van der Waals surface area contributed by atoms with Crippen LogP contribution in [0.15, 0.2) is 218 Å². The van der Waals surface area contributed by atoms with Crippen molar-refractivity contribution in [3.05, 3.63) is 218 Å². The molecule has 0 aromatic heterocycles. The Morgan fingerprint density at radius 1 is 0.231 bits per heavy atom. The van der Waals surface area contributed by atoms with Crippen molar-refractivity contribution in [3.8, 4) is 22.3 Å². The van der Waals surface area contributed by atoms with E-state index < -0.39 is 0 Å². The van der Waals surface area contributed by atoms with Gasteiger partial charge in [-0.25, -0.2) is 0 Å². The Morgan fingerprint density at radius 2 is 0.615 bits per heavy atom. The SMILES string of the molecule is c1ccc(N(c2ccc(-c3ccc(N(c4ccccc4)c4cccc5ccccc45)cc3)cc2)c2ccc(-c3cccc4ccccc34)cc2)cc1. The Balaban J connectivity index is 1.03. The molecule has 0 saturated heterocycles. The van der Waals surface area contributed by atoms with Gasteiger partial charge in [-0.05, 0) is 105 Å². The minimum atomic E-state index is 1.11. The van der Waals surface area contributed by atoms with Crippen LogP contribution in [0, 0.1) is 0 Å². The van der Waals surface area contributed by atoms with E-state index >= 15 is 0 Å². The van der Waals surface area contributed by atoms with E-state index in [-0.39, 0.29) is 0 Å². The van der Waals surface area contributed by atoms with Crippen LogP contribution < -0.4 is 9.80 Å². The third kappa shape index (κ3) is 5.97. The fraction of sp³-hybridized carbons (Fsp3) is 0. The zero-order chi connectivity index (χ0) is 34.7. The van der Waals surface area contributed by atoms with Crippen molar-refractivity contribution in [3.63, 3.8) is 0 Å². The molecule has 0 N–H and O–H groups in total. The van der Waals surface area contributed by atoms with E-state index in [2.05, 4.69) is 228 Å². The molecule has 0 aliphatic carbocycles. The van der Waals surface area contributed by atoms with Gasteiger partial charge in [-0.3, -0.25) is 0 Å². The van der Waals surface area contributed by atoms with Crippen LogP contribution in [0.2, 0.25) is 0 Å². The number of hydrogen-bond acceptors (Lipinski definition) is 2. The van der Waals surface area contributed by atoms with Gasteiger partial charge < -0.3 is 9.80 Å². The van der Waals surface area contributed by atoms with Gasteiger partial charge in [0.05, 0.1) is 5.69 Å². The average molecular weight is 665 g/mol. The second kappa shape index (κ2) is 13.8. The summed E-state index contributed by atoms with van der Waals surface area (Å²) in [5.74, 6) is 0. The third-order valence-corrected chi connectivity index (χ3v) is 9.85. The van der Waals surface area contributed by atoms with Gasteiger partial charge in [-0.1, -0.05) is 152 Å². The molecule has 0 radical (unpaired) electrons. The maximum Gasteiger partial charge on any atom is 0.0540 e. The smallest absolute Gasteiger partial charge is 0.0540 e. The summed E-state index contributed by atoms with van der Waals surface area (Å²) >= 11 is 0. The molecule has 0 unspecified atom stereocenters. The monoisotopic (exact) mass is 664 g/mol. The molecule has 0 atom stereocenters. The van der Waals surface area contributed by atoms with Crippen LogP contribution in [0.5, 0.6) is 0 Å². The highest BCUT2D eigenvalue weighted by atomic mass is 15.1. The highest BCUT2D eigenvalue weighted by molar-refractivity contribution is 5.99. The van der Waals surface area contributed by atoms with Gasteiger partial charge in [0.1, 0.15) is 0 Å². The fourth-order valence-corrected chi connectivity index (χ4v) is 7.30. The largest absolute Gasteiger partial charge is 0.311 e. The molecule has 52 heavy (non-hydrogen) atoms. The molecule has 0 bridgehead atoms. The molecule has 246 valence electrons. The van der Waals surface area contributed by atoms with Gasteiger partial charge >= 0.3 is 0 Å². The highest BCUT2D eigenvalue weighted by Gasteiger charge is 2.16. The molecule has 0 spiro atoms. The van der Waals surface area contributed by atoms with Crippen LogP contribution in [-0.4, -0.2) is 0 Å². The first-order valence-corrected chi connectivity index (χ1v) is 17.8. The van der Waals surface area contributed by atoms with Crippen molar-refractivity contribution in [2.24, 2.45) is 0 Å². The molecule has 0 saturated carbocycles. The van der Waals surface area contributed by atoms with Crippen LogP contribution >= 0.6 is 0 Å². The van der Waals surface area contributed by atoms with Crippen LogP contribution in [0.4, 0.5) is 34.1 Å². The highest BCUT2D eigenvalue weighted by Crippen LogP contribution is 2.41. The predicted octanol–water partition coefficient (Wildman–Crippen LogP) is 14.3. The first kappa shape index (κ1) is 31.1. The standard InChI is InChI=1S/C50H36N2/c1-3-17-42(18-4-1)51(45-35-29-41(30-36-45)48-23-11-15-39-13-7-9-21-47(39)48)44-31-25-37(26-32-44)38-27-33-46(34-28-38)52(43-19-5-2-6-20-43)50-24-12-16-40-14-8-10-22-49(40)50/h1-36H. The van der Waals surface area contributed by atoms with E-state index in [1.807, 2.05) is 0 Å². The second-order valence-electron chi connectivity index (χ2n) is 13.0. The molecule has 9 aromatic rings. The van der Waals surface area contributed by atoms with Gasteiger partial charge in [0.25, 0.3) is 0 Å². The lowest BCUT2D eigenvalue weighted by Gasteiger charge is -2.27. The first-order valence-electron chi connectivity index (χ1n) is 17.8. The lowest BCUT2D eigenvalue weighted by Crippen LogP contribution is -2.10. The number of anilines is 6. The van der Waals surface area contributed by atoms with E-state index in [0.29, 0.717) is 0 Å². The van der Waals surface area contributed by atoms with Crippen LogP contribution in [0.25, 0.3) is 43.8 Å². The van der Waals surface area contributed by atoms with Crippen LogP contribution in [0.3, 0.4) is 0 Å². The summed E-state index contributed by atoms with van der Waals surface area (Å²) in [6.45, 7) is 0. The van der Waals surface area contributed by atoms with Crippen LogP contribution in [-0.2, 0) is 0 Å². The van der Waals surface area contributed by atoms with Gasteiger partial charge in [0.15, 0.2) is 0 Å². The Hall–Kier alpha value is -6.90. The van der Waals surface area contributed by atoms with Gasteiger partial charge in [0, 0.05) is 33.8 Å². The van der Waals surface area contributed by atoms with Crippen molar-refractivity contribution in [1.82, 2.24) is 0 Å². The molecule has 0 amide bonds. The summed E-state index contributed by atoms with van der Waals surface area (Å²) in [6, 6.07) is 78.2. The quantitative estimate of drug-likeness (QED) is 0.159. The molecular formula is C50H36N2. The van der Waals surface area contributed by atoms with E-state index in [0.717, 1.165) is 34.1 Å². The maximum atomic E-state index is 2.35. The summed E-state index contributed by atoms with van der Waals surface area (Å²) in [5, 5.41) is 4.97. The van der Waals surface area contributed by atoms with Gasteiger partial charge in [-0.15, -0.1) is 0 Å². The lowest BCUT2D eigenvalue weighted by molar-refractivity contribution is 1.28. The molecule has 0 heterocycles. The Labute approximate surface area is 305 Å². The van der Waals surface area contributed by atoms with Crippen molar-refractivity contribution in [1.29, 1.82) is 0 Å². The normalized spacial score (nSPS) is 11.1. The molecular weight excluding hydrogens is 629 g/mol. The summed E-state index contributed by atoms with van der Waals surface area (Å²) in [5.41, 5.74) is 11.5. The van der Waals surface area contributed by atoms with Crippen molar-refractivity contribution >= 4 is 55.7 Å². The Bertz CT molecular complexity index is 2580. The number of rotatable bonds is 8. The van der Waals surface area contributed by atoms with Crippen LogP contribution in [0.1, 0.15) is 0 Å². The first-order chi connectivity index (χ1) is 25.8. The summed E-state index contributed by atoms with van der Waals surface area (Å²) in [4.78, 5) is 4.67. The fourth-order valence-electron chi connectivity index (χ4n) is 7.30. The predicted molar refractivity (Wildman–Crippen MR) is 222 cm³/mol. The molecule has 0 aliphatic rings. The summed E-state index contributed by atoms with van der Waals surface area (Å²) < 4.78 is 0. The van der Waals surface area contributed by atoms with Gasteiger partial charge in [0.2, 0.25) is 0 Å². The summed E-state index contributed by atoms with van der Waals surface area (Å²) in [7, 11) is 0. The van der Waals surface area contributed by atoms with Crippen molar-refractivity contribution < 1.29 is 0 Å². The Kier molecular flexibility index (Phi) is 8.24. The molecule has 2 heteroatoms. The molecule has 9 aromatic carbocycles. The van der Waals surface area contributed by atoms with E-state index in [1.165, 1.54) is 43.8 Å². The third-order valence-electron chi connectivity index (χ3n) is 9.85. The maximum absolute atomic E-state index is 2.35. The number of nitrogens with zero attached hydrogens (tertiary/aromatic N) is 2. The number of benzene rings is 9. The average Bonchev–Trinajstić information content (AvgIpc) is 3.23. The zero-order valence-electron chi connectivity index (χ0n) is 28.7. The van der Waals surface area contributed by atoms with E-state index in [1.54, 1.807) is 0 Å². The Morgan fingerprint density at radius 3 is 1.19 bits per heavy atom. The minimum absolute atomic E-state index is 1.11. The molecule has 9 rings (SSSR count). The van der Waals surface area contributed by atoms with Gasteiger partial charge in [-0.2, -0.15) is 0 Å². The summed E-state index contributed by atoms with van der Waals surface area (Å²) in [6.07, 6.45) is 0. The molecule has 0 aliphatic heterocycles. The second-order valence-corrected chi connectivity index (χ2v) is 13.0. The molecule has 2 nitrogen and oxygen atoms in total. The zero-order valence-corrected chi connectivity index (χ0v) is 28.7. The number of hydrogen-bond donors (Lipinski definition) is 0.